The molecule has 0 aliphatic carbocycles. The van der Waals surface area contributed by atoms with Crippen LogP contribution in [0.3, 0.4) is 0 Å². The topological polar surface area (TPSA) is 69.2 Å². The maximum absolute atomic E-state index is 4.98. The zero-order valence-corrected chi connectivity index (χ0v) is 11.0. The van der Waals surface area contributed by atoms with Crippen LogP contribution in [0.1, 0.15) is 27.2 Å². The summed E-state index contributed by atoms with van der Waals surface area (Å²) in [7, 11) is 3.02. The lowest BCUT2D eigenvalue weighted by molar-refractivity contribution is 0.340. The van der Waals surface area contributed by atoms with E-state index in [4.69, 9.17) is 9.47 Å². The highest BCUT2D eigenvalue weighted by atomic mass is 16.5. The monoisotopic (exact) mass is 240 g/mol. The van der Waals surface area contributed by atoms with Gasteiger partial charge in [-0.1, -0.05) is 13.8 Å². The van der Waals surface area contributed by atoms with Crippen molar-refractivity contribution in [2.45, 2.75) is 33.2 Å². The SMILES string of the molecule is COc1nc(NC(C)CC(C)C)nc(OC)n1. The molecule has 6 heteroatoms. The molecule has 6 nitrogen and oxygen atoms in total. The molecule has 1 rings (SSSR count). The van der Waals surface area contributed by atoms with Crippen LogP contribution >= 0.6 is 0 Å². The number of nitrogens with zero attached hydrogens (tertiary/aromatic N) is 3. The highest BCUT2D eigenvalue weighted by molar-refractivity contribution is 5.28. The van der Waals surface area contributed by atoms with E-state index in [9.17, 15) is 0 Å². The number of ether oxygens (including phenoxy) is 2. The van der Waals surface area contributed by atoms with E-state index in [1.165, 1.54) is 14.2 Å². The Bertz CT molecular complexity index is 335. The highest BCUT2D eigenvalue weighted by Crippen LogP contribution is 2.14. The van der Waals surface area contributed by atoms with Crippen LogP contribution in [0.15, 0.2) is 0 Å². The van der Waals surface area contributed by atoms with Crippen molar-refractivity contribution in [1.82, 2.24) is 15.0 Å². The summed E-state index contributed by atoms with van der Waals surface area (Å²) in [5.41, 5.74) is 0. The quantitative estimate of drug-likeness (QED) is 0.816. The molecule has 1 atom stereocenters. The van der Waals surface area contributed by atoms with Gasteiger partial charge in [0.25, 0.3) is 0 Å². The first-order chi connectivity index (χ1) is 8.05. The van der Waals surface area contributed by atoms with Gasteiger partial charge in [-0.2, -0.15) is 9.97 Å². The van der Waals surface area contributed by atoms with E-state index in [1.54, 1.807) is 0 Å². The molecule has 1 heterocycles. The average Bonchev–Trinajstić information content (AvgIpc) is 2.27. The minimum absolute atomic E-state index is 0.246. The predicted molar refractivity (Wildman–Crippen MR) is 65.5 cm³/mol. The molecule has 1 aromatic heterocycles. The molecular formula is C11H20N4O2. The van der Waals surface area contributed by atoms with E-state index in [0.717, 1.165) is 6.42 Å². The zero-order chi connectivity index (χ0) is 12.8. The van der Waals surface area contributed by atoms with E-state index < -0.39 is 0 Å². The fraction of sp³-hybridized carbons (Fsp3) is 0.727. The Balaban J connectivity index is 2.75. The molecule has 0 fully saturated rings. The molecule has 17 heavy (non-hydrogen) atoms. The summed E-state index contributed by atoms with van der Waals surface area (Å²) < 4.78 is 9.96. The average molecular weight is 240 g/mol. The summed E-state index contributed by atoms with van der Waals surface area (Å²) in [4.78, 5) is 12.2. The molecule has 0 aliphatic heterocycles. The maximum Gasteiger partial charge on any atom is 0.324 e. The fourth-order valence-electron chi connectivity index (χ4n) is 1.57. The molecule has 1 unspecified atom stereocenters. The molecule has 0 saturated carbocycles. The molecule has 0 aromatic carbocycles. The number of nitrogens with one attached hydrogen (secondary N) is 1. The molecule has 0 amide bonds. The molecule has 0 spiro atoms. The Morgan fingerprint density at radius 2 is 1.53 bits per heavy atom. The second kappa shape index (κ2) is 6.22. The molecule has 0 saturated heterocycles. The van der Waals surface area contributed by atoms with Crippen LogP contribution in [0.2, 0.25) is 0 Å². The summed E-state index contributed by atoms with van der Waals surface area (Å²) in [5.74, 6) is 1.09. The van der Waals surface area contributed by atoms with Crippen molar-refractivity contribution in [3.05, 3.63) is 0 Å². The van der Waals surface area contributed by atoms with E-state index in [0.29, 0.717) is 11.9 Å². The number of methoxy groups -OCH3 is 2. The van der Waals surface area contributed by atoms with E-state index in [2.05, 4.69) is 41.0 Å². The molecule has 1 aromatic rings. The summed E-state index contributed by atoms with van der Waals surface area (Å²) in [6.07, 6.45) is 1.04. The minimum Gasteiger partial charge on any atom is -0.467 e. The van der Waals surface area contributed by atoms with Crippen LogP contribution in [0.5, 0.6) is 12.0 Å². The Morgan fingerprint density at radius 3 is 1.94 bits per heavy atom. The second-order valence-electron chi connectivity index (χ2n) is 4.31. The van der Waals surface area contributed by atoms with Crippen molar-refractivity contribution >= 4 is 5.95 Å². The molecule has 1 N–H and O–H groups in total. The lowest BCUT2D eigenvalue weighted by Gasteiger charge is -2.16. The van der Waals surface area contributed by atoms with Crippen molar-refractivity contribution in [1.29, 1.82) is 0 Å². The first-order valence-corrected chi connectivity index (χ1v) is 5.65. The zero-order valence-electron chi connectivity index (χ0n) is 11.0. The molecule has 96 valence electrons. The third-order valence-corrected chi connectivity index (χ3v) is 2.16. The predicted octanol–water partition coefficient (Wildman–Crippen LogP) is 1.74. The van der Waals surface area contributed by atoms with Crippen molar-refractivity contribution in [2.75, 3.05) is 19.5 Å². The Hall–Kier alpha value is -1.59. The standard InChI is InChI=1S/C11H20N4O2/c1-7(2)6-8(3)12-9-13-10(16-4)15-11(14-9)17-5/h7-8H,6H2,1-5H3,(H,12,13,14,15). The third-order valence-electron chi connectivity index (χ3n) is 2.16. The smallest absolute Gasteiger partial charge is 0.324 e. The van der Waals surface area contributed by atoms with Crippen LogP contribution in [0.25, 0.3) is 0 Å². The third kappa shape index (κ3) is 4.42. The summed E-state index contributed by atoms with van der Waals surface area (Å²) in [5, 5.41) is 3.20. The van der Waals surface area contributed by atoms with Gasteiger partial charge in [-0.15, -0.1) is 4.98 Å². The lowest BCUT2D eigenvalue weighted by atomic mass is 10.1. The molecular weight excluding hydrogens is 220 g/mol. The molecule has 0 aliphatic rings. The van der Waals surface area contributed by atoms with E-state index >= 15 is 0 Å². The first kappa shape index (κ1) is 13.5. The van der Waals surface area contributed by atoms with Gasteiger partial charge >= 0.3 is 12.0 Å². The van der Waals surface area contributed by atoms with Crippen molar-refractivity contribution in [2.24, 2.45) is 5.92 Å². The fourth-order valence-corrected chi connectivity index (χ4v) is 1.57. The normalized spacial score (nSPS) is 12.4. The second-order valence-corrected chi connectivity index (χ2v) is 4.31. The number of hydrogen-bond donors (Lipinski definition) is 1. The van der Waals surface area contributed by atoms with E-state index in [1.807, 2.05) is 0 Å². The van der Waals surface area contributed by atoms with Gasteiger partial charge in [0.1, 0.15) is 0 Å². The van der Waals surface area contributed by atoms with E-state index in [-0.39, 0.29) is 18.1 Å². The van der Waals surface area contributed by atoms with Gasteiger partial charge in [-0.3, -0.25) is 0 Å². The van der Waals surface area contributed by atoms with Crippen LogP contribution < -0.4 is 14.8 Å². The number of hydrogen-bond acceptors (Lipinski definition) is 6. The van der Waals surface area contributed by atoms with Gasteiger partial charge < -0.3 is 14.8 Å². The summed E-state index contributed by atoms with van der Waals surface area (Å²) in [6, 6.07) is 0.777. The summed E-state index contributed by atoms with van der Waals surface area (Å²) in [6.45, 7) is 6.43. The van der Waals surface area contributed by atoms with Crippen LogP contribution in [0, 0.1) is 5.92 Å². The number of anilines is 1. The number of aromatic nitrogens is 3. The van der Waals surface area contributed by atoms with Gasteiger partial charge in [-0.05, 0) is 19.3 Å². The Morgan fingerprint density at radius 1 is 1.00 bits per heavy atom. The van der Waals surface area contributed by atoms with Crippen molar-refractivity contribution < 1.29 is 9.47 Å². The van der Waals surface area contributed by atoms with Crippen LogP contribution in [0.4, 0.5) is 5.95 Å². The Kier molecular flexibility index (Phi) is 4.93. The summed E-state index contributed by atoms with van der Waals surface area (Å²) >= 11 is 0. The van der Waals surface area contributed by atoms with Gasteiger partial charge in [0.05, 0.1) is 14.2 Å². The van der Waals surface area contributed by atoms with Gasteiger partial charge in [0.2, 0.25) is 5.95 Å². The molecule has 0 bridgehead atoms. The van der Waals surface area contributed by atoms with Gasteiger partial charge in [0, 0.05) is 6.04 Å². The maximum atomic E-state index is 4.98. The molecule has 0 radical (unpaired) electrons. The number of rotatable bonds is 6. The van der Waals surface area contributed by atoms with Gasteiger partial charge in [0.15, 0.2) is 0 Å². The van der Waals surface area contributed by atoms with Crippen LogP contribution in [-0.2, 0) is 0 Å². The minimum atomic E-state index is 0.246. The highest BCUT2D eigenvalue weighted by Gasteiger charge is 2.10. The van der Waals surface area contributed by atoms with Gasteiger partial charge in [-0.25, -0.2) is 0 Å². The van der Waals surface area contributed by atoms with Crippen molar-refractivity contribution in [3.63, 3.8) is 0 Å². The van der Waals surface area contributed by atoms with Crippen LogP contribution in [-0.4, -0.2) is 35.2 Å². The Labute approximate surface area is 102 Å². The van der Waals surface area contributed by atoms with Crippen molar-refractivity contribution in [3.8, 4) is 12.0 Å². The lowest BCUT2D eigenvalue weighted by Crippen LogP contribution is -2.19. The largest absolute Gasteiger partial charge is 0.467 e. The first-order valence-electron chi connectivity index (χ1n) is 5.65.